The highest BCUT2D eigenvalue weighted by atomic mass is 79.9. The fourth-order valence-corrected chi connectivity index (χ4v) is 1.29. The maximum Gasteiger partial charge on any atom is 0.321 e. The van der Waals surface area contributed by atoms with Gasteiger partial charge < -0.3 is 5.11 Å². The van der Waals surface area contributed by atoms with Crippen LogP contribution in [0.3, 0.4) is 0 Å². The number of alkyl halides is 1. The largest absolute Gasteiger partial charge is 0.480 e. The number of benzene rings is 1. The van der Waals surface area contributed by atoms with Crippen molar-refractivity contribution in [3.05, 3.63) is 34.9 Å². The van der Waals surface area contributed by atoms with E-state index in [9.17, 15) is 4.79 Å². The molecule has 0 aromatic heterocycles. The van der Waals surface area contributed by atoms with E-state index in [4.69, 9.17) is 16.7 Å². The zero-order valence-corrected chi connectivity index (χ0v) is 8.34. The fraction of sp³-hybridized carbons (Fsp3) is 0.125. The second-order valence-electron chi connectivity index (χ2n) is 2.26. The Morgan fingerprint density at radius 1 is 1.58 bits per heavy atom. The minimum Gasteiger partial charge on any atom is -0.480 e. The molecular formula is C8H6BrClO2. The Morgan fingerprint density at radius 3 is 2.75 bits per heavy atom. The van der Waals surface area contributed by atoms with Crippen LogP contribution in [0.1, 0.15) is 10.4 Å². The van der Waals surface area contributed by atoms with Gasteiger partial charge in [-0.1, -0.05) is 39.7 Å². The van der Waals surface area contributed by atoms with E-state index >= 15 is 0 Å². The molecule has 0 fully saturated rings. The molecule has 1 aromatic rings. The smallest absolute Gasteiger partial charge is 0.321 e. The minimum absolute atomic E-state index is 0.540. The molecule has 1 aromatic carbocycles. The Bertz CT molecular complexity index is 301. The van der Waals surface area contributed by atoms with Crippen LogP contribution in [0.4, 0.5) is 0 Å². The summed E-state index contributed by atoms with van der Waals surface area (Å²) in [6, 6.07) is 6.75. The highest BCUT2D eigenvalue weighted by Gasteiger charge is 2.15. The zero-order valence-electron chi connectivity index (χ0n) is 6.00. The lowest BCUT2D eigenvalue weighted by atomic mass is 10.1. The quantitative estimate of drug-likeness (QED) is 0.818. The third-order valence-electron chi connectivity index (χ3n) is 1.36. The first kappa shape index (κ1) is 9.55. The number of hydrogen-bond donors (Lipinski definition) is 1. The standard InChI is InChI=1S/C8H6BrClO2/c9-7(8(11)12)5-2-1-3-6(10)4-5/h1-4,7H,(H,11,12)/t7-/m1/s1. The van der Waals surface area contributed by atoms with E-state index < -0.39 is 10.8 Å². The van der Waals surface area contributed by atoms with Crippen molar-refractivity contribution in [1.82, 2.24) is 0 Å². The average Bonchev–Trinajstić information content (AvgIpc) is 2.03. The topological polar surface area (TPSA) is 37.3 Å². The molecule has 1 atom stereocenters. The van der Waals surface area contributed by atoms with E-state index in [1.165, 1.54) is 0 Å². The molecule has 0 radical (unpaired) electrons. The van der Waals surface area contributed by atoms with Gasteiger partial charge in [-0.3, -0.25) is 4.79 Å². The number of rotatable bonds is 2. The molecule has 1 rings (SSSR count). The summed E-state index contributed by atoms with van der Waals surface area (Å²) in [7, 11) is 0. The molecule has 0 aliphatic rings. The number of aliphatic carboxylic acids is 1. The van der Waals surface area contributed by atoms with Gasteiger partial charge in [0.2, 0.25) is 0 Å². The molecule has 0 saturated carbocycles. The average molecular weight is 249 g/mol. The van der Waals surface area contributed by atoms with Crippen molar-refractivity contribution in [3.63, 3.8) is 0 Å². The van der Waals surface area contributed by atoms with E-state index in [-0.39, 0.29) is 0 Å². The van der Waals surface area contributed by atoms with Crippen LogP contribution < -0.4 is 0 Å². The maximum absolute atomic E-state index is 10.5. The van der Waals surface area contributed by atoms with Crippen LogP contribution in [0.2, 0.25) is 5.02 Å². The van der Waals surface area contributed by atoms with Crippen molar-refractivity contribution in [2.75, 3.05) is 0 Å². The van der Waals surface area contributed by atoms with Crippen molar-refractivity contribution >= 4 is 33.5 Å². The molecular weight excluding hydrogens is 243 g/mol. The van der Waals surface area contributed by atoms with Crippen molar-refractivity contribution in [2.24, 2.45) is 0 Å². The lowest BCUT2D eigenvalue weighted by molar-refractivity contribution is -0.136. The SMILES string of the molecule is O=C(O)[C@H](Br)c1cccc(Cl)c1. The Balaban J connectivity index is 2.95. The summed E-state index contributed by atoms with van der Waals surface area (Å²) in [5.74, 6) is -0.919. The van der Waals surface area contributed by atoms with Crippen LogP contribution in [0.15, 0.2) is 24.3 Å². The van der Waals surface area contributed by atoms with Gasteiger partial charge in [-0.2, -0.15) is 0 Å². The molecule has 64 valence electrons. The van der Waals surface area contributed by atoms with Crippen LogP contribution in [0.5, 0.6) is 0 Å². The number of carbonyl (C=O) groups is 1. The van der Waals surface area contributed by atoms with E-state index in [0.717, 1.165) is 0 Å². The number of carboxylic acid groups (broad SMARTS) is 1. The zero-order chi connectivity index (χ0) is 9.14. The summed E-state index contributed by atoms with van der Waals surface area (Å²) >= 11 is 8.71. The van der Waals surface area contributed by atoms with Crippen LogP contribution in [0.25, 0.3) is 0 Å². The van der Waals surface area contributed by atoms with E-state index in [1.807, 2.05) is 0 Å². The molecule has 0 saturated heterocycles. The summed E-state index contributed by atoms with van der Waals surface area (Å²) < 4.78 is 0. The van der Waals surface area contributed by atoms with Gasteiger partial charge in [0.05, 0.1) is 0 Å². The van der Waals surface area contributed by atoms with E-state index in [1.54, 1.807) is 24.3 Å². The number of carboxylic acids is 1. The lowest BCUT2D eigenvalue weighted by Crippen LogP contribution is -2.03. The van der Waals surface area contributed by atoms with Gasteiger partial charge in [0, 0.05) is 5.02 Å². The molecule has 0 unspecified atom stereocenters. The third-order valence-corrected chi connectivity index (χ3v) is 2.51. The Morgan fingerprint density at radius 2 is 2.25 bits per heavy atom. The van der Waals surface area contributed by atoms with Crippen molar-refractivity contribution in [3.8, 4) is 0 Å². The van der Waals surface area contributed by atoms with Gasteiger partial charge in [-0.05, 0) is 17.7 Å². The molecule has 0 aliphatic heterocycles. The van der Waals surface area contributed by atoms with Gasteiger partial charge in [0.25, 0.3) is 0 Å². The third kappa shape index (κ3) is 2.22. The number of hydrogen-bond acceptors (Lipinski definition) is 1. The van der Waals surface area contributed by atoms with Crippen LogP contribution >= 0.6 is 27.5 Å². The van der Waals surface area contributed by atoms with Gasteiger partial charge in [0.1, 0.15) is 4.83 Å². The monoisotopic (exact) mass is 248 g/mol. The van der Waals surface area contributed by atoms with Gasteiger partial charge in [-0.25, -0.2) is 0 Å². The second-order valence-corrected chi connectivity index (χ2v) is 3.61. The summed E-state index contributed by atoms with van der Waals surface area (Å²) in [4.78, 5) is 9.84. The van der Waals surface area contributed by atoms with Crippen LogP contribution in [-0.4, -0.2) is 11.1 Å². The minimum atomic E-state index is -0.919. The summed E-state index contributed by atoms with van der Waals surface area (Å²) in [6.07, 6.45) is 0. The van der Waals surface area contributed by atoms with Crippen LogP contribution in [-0.2, 0) is 4.79 Å². The number of halogens is 2. The normalized spacial score (nSPS) is 12.5. The van der Waals surface area contributed by atoms with Crippen molar-refractivity contribution in [1.29, 1.82) is 0 Å². The predicted octanol–water partition coefficient (Wildman–Crippen LogP) is 2.86. The molecule has 12 heavy (non-hydrogen) atoms. The Labute approximate surface area is 83.3 Å². The van der Waals surface area contributed by atoms with Crippen molar-refractivity contribution in [2.45, 2.75) is 4.83 Å². The fourth-order valence-electron chi connectivity index (χ4n) is 0.807. The van der Waals surface area contributed by atoms with Gasteiger partial charge >= 0.3 is 5.97 Å². The van der Waals surface area contributed by atoms with Crippen molar-refractivity contribution < 1.29 is 9.90 Å². The molecule has 2 nitrogen and oxygen atoms in total. The highest BCUT2D eigenvalue weighted by molar-refractivity contribution is 9.09. The summed E-state index contributed by atoms with van der Waals surface area (Å²) in [5.41, 5.74) is 0.648. The Kier molecular flexibility index (Phi) is 3.12. The molecule has 0 heterocycles. The van der Waals surface area contributed by atoms with Crippen LogP contribution in [0, 0.1) is 0 Å². The summed E-state index contributed by atoms with van der Waals surface area (Å²) in [6.45, 7) is 0. The molecule has 1 N–H and O–H groups in total. The lowest BCUT2D eigenvalue weighted by Gasteiger charge is -2.03. The Hall–Kier alpha value is -0.540. The first-order chi connectivity index (χ1) is 5.61. The van der Waals surface area contributed by atoms with E-state index in [2.05, 4.69) is 15.9 Å². The molecule has 4 heteroatoms. The van der Waals surface area contributed by atoms with E-state index in [0.29, 0.717) is 10.6 Å². The predicted molar refractivity (Wildman–Crippen MR) is 50.8 cm³/mol. The molecule has 0 spiro atoms. The first-order valence-electron chi connectivity index (χ1n) is 3.23. The molecule has 0 bridgehead atoms. The second kappa shape index (κ2) is 3.92. The first-order valence-corrected chi connectivity index (χ1v) is 4.53. The maximum atomic E-state index is 10.5. The molecule has 0 amide bonds. The van der Waals surface area contributed by atoms with Gasteiger partial charge in [0.15, 0.2) is 0 Å². The van der Waals surface area contributed by atoms with Gasteiger partial charge in [-0.15, -0.1) is 0 Å². The summed E-state index contributed by atoms with van der Waals surface area (Å²) in [5, 5.41) is 9.18. The molecule has 0 aliphatic carbocycles. The highest BCUT2D eigenvalue weighted by Crippen LogP contribution is 2.24.